The van der Waals surface area contributed by atoms with Crippen LogP contribution in [0.15, 0.2) is 0 Å². The lowest BCUT2D eigenvalue weighted by molar-refractivity contribution is -0.132. The van der Waals surface area contributed by atoms with Gasteiger partial charge in [0.15, 0.2) is 0 Å². The molecule has 3 aliphatic rings. The maximum Gasteiger partial charge on any atom is 0.234 e. The molecule has 3 rings (SSSR count). The van der Waals surface area contributed by atoms with E-state index in [1.807, 2.05) is 4.90 Å². The van der Waals surface area contributed by atoms with E-state index in [2.05, 4.69) is 29.0 Å². The third kappa shape index (κ3) is 6.18. The van der Waals surface area contributed by atoms with Crippen LogP contribution < -0.4 is 5.32 Å². The van der Waals surface area contributed by atoms with E-state index >= 15 is 0 Å². The highest BCUT2D eigenvalue weighted by atomic mass is 16.2. The van der Waals surface area contributed by atoms with E-state index in [1.54, 1.807) is 0 Å². The van der Waals surface area contributed by atoms with Gasteiger partial charge in [-0.1, -0.05) is 0 Å². The lowest BCUT2D eigenvalue weighted by Crippen LogP contribution is -2.49. The van der Waals surface area contributed by atoms with Gasteiger partial charge in [-0.2, -0.15) is 0 Å². The average molecular weight is 379 g/mol. The van der Waals surface area contributed by atoms with Gasteiger partial charge in [-0.05, 0) is 71.4 Å². The van der Waals surface area contributed by atoms with E-state index in [0.717, 1.165) is 77.8 Å². The molecule has 0 radical (unpaired) electrons. The van der Waals surface area contributed by atoms with Crippen LogP contribution in [-0.4, -0.2) is 84.4 Å². The molecule has 0 saturated carbocycles. The predicted molar refractivity (Wildman–Crippen MR) is 107 cm³/mol. The number of nitrogens with one attached hydrogen (secondary N) is 1. The molecule has 0 bridgehead atoms. The first-order valence-electron chi connectivity index (χ1n) is 11.0. The molecule has 3 saturated heterocycles. The van der Waals surface area contributed by atoms with E-state index in [1.165, 1.54) is 0 Å². The summed E-state index contributed by atoms with van der Waals surface area (Å²) >= 11 is 0. The number of carbonyl (C=O) groups excluding carboxylic acids is 2. The van der Waals surface area contributed by atoms with Crippen molar-refractivity contribution < 1.29 is 9.59 Å². The van der Waals surface area contributed by atoms with Gasteiger partial charge < -0.3 is 15.1 Å². The molecular weight excluding hydrogens is 340 g/mol. The quantitative estimate of drug-likeness (QED) is 0.764. The van der Waals surface area contributed by atoms with Crippen molar-refractivity contribution in [2.75, 3.05) is 45.8 Å². The zero-order valence-electron chi connectivity index (χ0n) is 17.3. The van der Waals surface area contributed by atoms with E-state index in [0.29, 0.717) is 36.9 Å². The van der Waals surface area contributed by atoms with Gasteiger partial charge in [0.2, 0.25) is 11.8 Å². The number of amides is 2. The molecule has 3 heterocycles. The van der Waals surface area contributed by atoms with Crippen LogP contribution in [-0.2, 0) is 9.59 Å². The van der Waals surface area contributed by atoms with E-state index in [9.17, 15) is 9.59 Å². The van der Waals surface area contributed by atoms with E-state index in [-0.39, 0.29) is 5.91 Å². The summed E-state index contributed by atoms with van der Waals surface area (Å²) in [6.07, 6.45) is 7.23. The highest BCUT2D eigenvalue weighted by molar-refractivity contribution is 5.78. The third-order valence-corrected chi connectivity index (χ3v) is 6.62. The van der Waals surface area contributed by atoms with Crippen LogP contribution in [0.3, 0.4) is 0 Å². The van der Waals surface area contributed by atoms with Crippen molar-refractivity contribution in [2.24, 2.45) is 5.92 Å². The van der Waals surface area contributed by atoms with Crippen molar-refractivity contribution >= 4 is 11.8 Å². The van der Waals surface area contributed by atoms with Crippen LogP contribution >= 0.6 is 0 Å². The summed E-state index contributed by atoms with van der Waals surface area (Å²) in [5.74, 6) is 1.01. The number of hydrogen-bond donors (Lipinski definition) is 1. The molecule has 0 atom stereocenters. The van der Waals surface area contributed by atoms with Crippen molar-refractivity contribution in [2.45, 2.75) is 70.9 Å². The molecule has 27 heavy (non-hydrogen) atoms. The Hall–Kier alpha value is -1.14. The summed E-state index contributed by atoms with van der Waals surface area (Å²) in [7, 11) is 0. The maximum absolute atomic E-state index is 12.4. The summed E-state index contributed by atoms with van der Waals surface area (Å²) in [5, 5.41) is 3.24. The Morgan fingerprint density at radius 3 is 2.15 bits per heavy atom. The van der Waals surface area contributed by atoms with Crippen LogP contribution in [0.1, 0.15) is 58.8 Å². The Morgan fingerprint density at radius 1 is 0.926 bits per heavy atom. The van der Waals surface area contributed by atoms with Crippen LogP contribution in [0.2, 0.25) is 0 Å². The van der Waals surface area contributed by atoms with Gasteiger partial charge >= 0.3 is 0 Å². The lowest BCUT2D eigenvalue weighted by Gasteiger charge is -2.35. The fraction of sp³-hybridized carbons (Fsp3) is 0.905. The second-order valence-corrected chi connectivity index (χ2v) is 8.98. The van der Waals surface area contributed by atoms with Crippen molar-refractivity contribution in [3.05, 3.63) is 0 Å². The standard InChI is InChI=1S/C21H38N4O2/c1-17(2)24-13-7-19(8-14-24)22-20(26)16-23-11-5-18(6-12-23)15-21(27)25-9-3-4-10-25/h17-19H,3-16H2,1-2H3,(H,22,26). The number of likely N-dealkylation sites (tertiary alicyclic amines) is 3. The normalized spacial score (nSPS) is 23.9. The molecule has 1 N–H and O–H groups in total. The lowest BCUT2D eigenvalue weighted by atomic mass is 9.93. The van der Waals surface area contributed by atoms with Crippen molar-refractivity contribution in [1.29, 1.82) is 0 Å². The highest BCUT2D eigenvalue weighted by Crippen LogP contribution is 2.22. The topological polar surface area (TPSA) is 55.9 Å². The third-order valence-electron chi connectivity index (χ3n) is 6.62. The molecule has 3 aliphatic heterocycles. The first-order valence-corrected chi connectivity index (χ1v) is 11.0. The number of piperidine rings is 2. The number of nitrogens with zero attached hydrogens (tertiary/aromatic N) is 3. The predicted octanol–water partition coefficient (Wildman–Crippen LogP) is 1.70. The van der Waals surface area contributed by atoms with Gasteiger partial charge in [-0.3, -0.25) is 14.5 Å². The first-order chi connectivity index (χ1) is 13.0. The molecule has 0 aliphatic carbocycles. The number of rotatable bonds is 6. The highest BCUT2D eigenvalue weighted by Gasteiger charge is 2.27. The maximum atomic E-state index is 12.4. The first kappa shape index (κ1) is 20.6. The summed E-state index contributed by atoms with van der Waals surface area (Å²) in [4.78, 5) is 31.5. The zero-order valence-corrected chi connectivity index (χ0v) is 17.3. The van der Waals surface area contributed by atoms with Gasteiger partial charge in [0, 0.05) is 44.7 Å². The zero-order chi connectivity index (χ0) is 19.2. The molecule has 154 valence electrons. The molecule has 0 aromatic rings. The number of hydrogen-bond acceptors (Lipinski definition) is 4. The molecule has 3 fully saturated rings. The van der Waals surface area contributed by atoms with Gasteiger partial charge in [0.25, 0.3) is 0 Å². The van der Waals surface area contributed by atoms with Gasteiger partial charge in [0.05, 0.1) is 6.54 Å². The van der Waals surface area contributed by atoms with Gasteiger partial charge in [-0.15, -0.1) is 0 Å². The molecule has 0 unspecified atom stereocenters. The molecular formula is C21H38N4O2. The second kappa shape index (κ2) is 9.87. The largest absolute Gasteiger partial charge is 0.352 e. The Balaban J connectivity index is 1.31. The molecule has 6 nitrogen and oxygen atoms in total. The smallest absolute Gasteiger partial charge is 0.234 e. The van der Waals surface area contributed by atoms with Crippen molar-refractivity contribution in [1.82, 2.24) is 20.0 Å². The summed E-state index contributed by atoms with van der Waals surface area (Å²) in [6.45, 7) is 10.9. The van der Waals surface area contributed by atoms with Crippen LogP contribution in [0, 0.1) is 5.92 Å². The summed E-state index contributed by atoms with van der Waals surface area (Å²) < 4.78 is 0. The van der Waals surface area contributed by atoms with Gasteiger partial charge in [-0.25, -0.2) is 0 Å². The van der Waals surface area contributed by atoms with Crippen molar-refractivity contribution in [3.63, 3.8) is 0 Å². The summed E-state index contributed by atoms with van der Waals surface area (Å²) in [6, 6.07) is 0.934. The van der Waals surface area contributed by atoms with E-state index in [4.69, 9.17) is 0 Å². The van der Waals surface area contributed by atoms with E-state index < -0.39 is 0 Å². The second-order valence-electron chi connectivity index (χ2n) is 8.98. The average Bonchev–Trinajstić information content (AvgIpc) is 3.18. The molecule has 0 spiro atoms. The van der Waals surface area contributed by atoms with Crippen LogP contribution in [0.25, 0.3) is 0 Å². The Bertz CT molecular complexity index is 488. The van der Waals surface area contributed by atoms with Crippen LogP contribution in [0.5, 0.6) is 0 Å². The molecule has 2 amide bonds. The number of carbonyl (C=O) groups is 2. The minimum absolute atomic E-state index is 0.171. The molecule has 0 aromatic carbocycles. The fourth-order valence-corrected chi connectivity index (χ4v) is 4.73. The monoisotopic (exact) mass is 378 g/mol. The summed E-state index contributed by atoms with van der Waals surface area (Å²) in [5.41, 5.74) is 0. The fourth-order valence-electron chi connectivity index (χ4n) is 4.73. The minimum Gasteiger partial charge on any atom is -0.352 e. The van der Waals surface area contributed by atoms with Crippen molar-refractivity contribution in [3.8, 4) is 0 Å². The minimum atomic E-state index is 0.171. The molecule has 0 aromatic heterocycles. The van der Waals surface area contributed by atoms with Gasteiger partial charge in [0.1, 0.15) is 0 Å². The Kier molecular flexibility index (Phi) is 7.53. The Labute approximate surface area is 164 Å². The molecule has 6 heteroatoms. The van der Waals surface area contributed by atoms with Crippen LogP contribution in [0.4, 0.5) is 0 Å². The SMILES string of the molecule is CC(C)N1CCC(NC(=O)CN2CCC(CC(=O)N3CCCC3)CC2)CC1. The Morgan fingerprint density at radius 2 is 1.56 bits per heavy atom.